The van der Waals surface area contributed by atoms with Crippen LogP contribution in [0.3, 0.4) is 0 Å². The largest absolute Gasteiger partial charge is 0.474 e. The lowest BCUT2D eigenvalue weighted by molar-refractivity contribution is -0.117. The highest BCUT2D eigenvalue weighted by Gasteiger charge is 2.31. The Morgan fingerprint density at radius 1 is 1.17 bits per heavy atom. The first kappa shape index (κ1) is 19.7. The van der Waals surface area contributed by atoms with Gasteiger partial charge in [0.05, 0.1) is 24.8 Å². The summed E-state index contributed by atoms with van der Waals surface area (Å²) in [6.07, 6.45) is 3.53. The second-order valence-electron chi connectivity index (χ2n) is 7.17. The van der Waals surface area contributed by atoms with Gasteiger partial charge in [0.2, 0.25) is 11.8 Å². The van der Waals surface area contributed by atoms with Gasteiger partial charge in [-0.05, 0) is 30.3 Å². The van der Waals surface area contributed by atoms with Crippen LogP contribution >= 0.6 is 11.6 Å². The lowest BCUT2D eigenvalue weighted by atomic mass is 10.1. The molecule has 3 heterocycles. The van der Waals surface area contributed by atoms with Crippen molar-refractivity contribution < 1.29 is 19.1 Å². The van der Waals surface area contributed by atoms with Gasteiger partial charge in [-0.2, -0.15) is 0 Å². The van der Waals surface area contributed by atoms with Gasteiger partial charge in [-0.15, -0.1) is 0 Å². The van der Waals surface area contributed by atoms with E-state index in [4.69, 9.17) is 21.1 Å². The highest BCUT2D eigenvalue weighted by atomic mass is 35.5. The summed E-state index contributed by atoms with van der Waals surface area (Å²) in [5, 5.41) is 3.53. The van der Waals surface area contributed by atoms with E-state index in [-0.39, 0.29) is 30.4 Å². The number of aromatic nitrogens is 1. The fourth-order valence-electron chi connectivity index (χ4n) is 3.49. The lowest BCUT2D eigenvalue weighted by Crippen LogP contribution is -2.37. The number of rotatable bonds is 5. The van der Waals surface area contributed by atoms with Crippen LogP contribution < -0.4 is 15.0 Å². The Kier molecular flexibility index (Phi) is 5.97. The number of pyridine rings is 1. The summed E-state index contributed by atoms with van der Waals surface area (Å²) in [6.45, 7) is 1.81. The highest BCUT2D eigenvalue weighted by Crippen LogP contribution is 2.23. The molecule has 2 fully saturated rings. The fraction of sp³-hybridized carbons (Fsp3) is 0.381. The normalized spacial score (nSPS) is 20.0. The summed E-state index contributed by atoms with van der Waals surface area (Å²) in [5.41, 5.74) is 1.20. The van der Waals surface area contributed by atoms with Crippen LogP contribution in [0.5, 0.6) is 5.88 Å². The number of hydrogen-bond acceptors (Lipinski definition) is 5. The van der Waals surface area contributed by atoms with Crippen LogP contribution in [0.2, 0.25) is 5.02 Å². The standard InChI is InChI=1S/C21H22ClN3O4/c22-15-2-4-17(5-3-15)25-13-16(11-20(25)26)24-21(27)14-1-6-19(23-12-14)29-18-7-9-28-10-8-18/h1-6,12,16,18H,7-11,13H2,(H,24,27). The molecule has 0 spiro atoms. The van der Waals surface area contributed by atoms with Gasteiger partial charge < -0.3 is 19.7 Å². The van der Waals surface area contributed by atoms with E-state index in [1.807, 2.05) is 0 Å². The molecule has 2 aliphatic heterocycles. The predicted molar refractivity (Wildman–Crippen MR) is 108 cm³/mol. The van der Waals surface area contributed by atoms with Crippen molar-refractivity contribution in [3.63, 3.8) is 0 Å². The molecule has 4 rings (SSSR count). The van der Waals surface area contributed by atoms with Crippen molar-refractivity contribution in [3.8, 4) is 5.88 Å². The van der Waals surface area contributed by atoms with E-state index in [0.29, 0.717) is 36.2 Å². The number of halogens is 1. The first-order chi connectivity index (χ1) is 14.1. The number of nitrogens with zero attached hydrogens (tertiary/aromatic N) is 2. The number of amides is 2. The number of ether oxygens (including phenoxy) is 2. The maximum Gasteiger partial charge on any atom is 0.253 e. The smallest absolute Gasteiger partial charge is 0.253 e. The van der Waals surface area contributed by atoms with Gasteiger partial charge in [0.15, 0.2) is 0 Å². The third kappa shape index (κ3) is 4.86. The summed E-state index contributed by atoms with van der Waals surface area (Å²) in [7, 11) is 0. The van der Waals surface area contributed by atoms with E-state index >= 15 is 0 Å². The molecule has 1 aromatic heterocycles. The first-order valence-corrected chi connectivity index (χ1v) is 10.0. The maximum absolute atomic E-state index is 12.5. The van der Waals surface area contributed by atoms with Crippen LogP contribution in [-0.2, 0) is 9.53 Å². The van der Waals surface area contributed by atoms with Gasteiger partial charge in [0.1, 0.15) is 6.10 Å². The van der Waals surface area contributed by atoms with Gasteiger partial charge in [0.25, 0.3) is 5.91 Å². The fourth-order valence-corrected chi connectivity index (χ4v) is 3.62. The minimum absolute atomic E-state index is 0.0315. The summed E-state index contributed by atoms with van der Waals surface area (Å²) in [4.78, 5) is 30.8. The monoisotopic (exact) mass is 415 g/mol. The molecule has 1 N–H and O–H groups in total. The Bertz CT molecular complexity index is 866. The van der Waals surface area contributed by atoms with Crippen LogP contribution in [0.4, 0.5) is 5.69 Å². The van der Waals surface area contributed by atoms with E-state index < -0.39 is 0 Å². The molecule has 0 radical (unpaired) electrons. The van der Waals surface area contributed by atoms with Crippen LogP contribution in [0, 0.1) is 0 Å². The Morgan fingerprint density at radius 3 is 2.62 bits per heavy atom. The first-order valence-electron chi connectivity index (χ1n) is 9.66. The molecule has 7 nitrogen and oxygen atoms in total. The quantitative estimate of drug-likeness (QED) is 0.812. The van der Waals surface area contributed by atoms with Crippen molar-refractivity contribution in [2.75, 3.05) is 24.7 Å². The Balaban J connectivity index is 1.33. The molecule has 1 atom stereocenters. The second-order valence-corrected chi connectivity index (χ2v) is 7.61. The number of hydrogen-bond donors (Lipinski definition) is 1. The molecular formula is C21H22ClN3O4. The van der Waals surface area contributed by atoms with Crippen LogP contribution in [0.15, 0.2) is 42.6 Å². The SMILES string of the molecule is O=C(NC1CC(=O)N(c2ccc(Cl)cc2)C1)c1ccc(OC2CCOCC2)nc1. The van der Waals surface area contributed by atoms with Gasteiger partial charge in [-0.3, -0.25) is 9.59 Å². The number of anilines is 1. The third-order valence-corrected chi connectivity index (χ3v) is 5.30. The average molecular weight is 416 g/mol. The van der Waals surface area contributed by atoms with E-state index in [1.54, 1.807) is 41.3 Å². The molecule has 152 valence electrons. The number of benzene rings is 1. The summed E-state index contributed by atoms with van der Waals surface area (Å²) >= 11 is 5.90. The van der Waals surface area contributed by atoms with Crippen molar-refractivity contribution in [1.82, 2.24) is 10.3 Å². The van der Waals surface area contributed by atoms with Gasteiger partial charge in [-0.1, -0.05) is 11.6 Å². The average Bonchev–Trinajstić information content (AvgIpc) is 3.10. The van der Waals surface area contributed by atoms with Gasteiger partial charge in [-0.25, -0.2) is 4.98 Å². The molecule has 29 heavy (non-hydrogen) atoms. The van der Waals surface area contributed by atoms with E-state index in [9.17, 15) is 9.59 Å². The molecule has 1 aromatic carbocycles. The zero-order chi connectivity index (χ0) is 20.2. The Morgan fingerprint density at radius 2 is 1.93 bits per heavy atom. The molecule has 0 aliphatic carbocycles. The molecule has 2 aromatic rings. The Hall–Kier alpha value is -2.64. The van der Waals surface area contributed by atoms with E-state index in [2.05, 4.69) is 10.3 Å². The minimum Gasteiger partial charge on any atom is -0.474 e. The van der Waals surface area contributed by atoms with Crippen molar-refractivity contribution in [2.24, 2.45) is 0 Å². The van der Waals surface area contributed by atoms with Crippen molar-refractivity contribution in [1.29, 1.82) is 0 Å². The minimum atomic E-state index is -0.260. The molecule has 0 saturated carbocycles. The van der Waals surface area contributed by atoms with Crippen LogP contribution in [0.1, 0.15) is 29.6 Å². The predicted octanol–water partition coefficient (Wildman–Crippen LogP) is 2.83. The summed E-state index contributed by atoms with van der Waals surface area (Å²) < 4.78 is 11.1. The maximum atomic E-state index is 12.5. The zero-order valence-electron chi connectivity index (χ0n) is 15.8. The molecule has 8 heteroatoms. The number of carbonyl (C=O) groups is 2. The molecule has 2 aliphatic rings. The highest BCUT2D eigenvalue weighted by molar-refractivity contribution is 6.30. The van der Waals surface area contributed by atoms with E-state index in [0.717, 1.165) is 18.5 Å². The summed E-state index contributed by atoms with van der Waals surface area (Å²) in [5.74, 6) is 0.209. The summed E-state index contributed by atoms with van der Waals surface area (Å²) in [6, 6.07) is 10.2. The molecule has 0 bridgehead atoms. The number of nitrogens with one attached hydrogen (secondary N) is 1. The third-order valence-electron chi connectivity index (χ3n) is 5.05. The van der Waals surface area contributed by atoms with Gasteiger partial charge >= 0.3 is 0 Å². The molecular weight excluding hydrogens is 394 g/mol. The topological polar surface area (TPSA) is 80.8 Å². The zero-order valence-corrected chi connectivity index (χ0v) is 16.6. The molecule has 1 unspecified atom stereocenters. The van der Waals surface area contributed by atoms with Crippen molar-refractivity contribution in [2.45, 2.75) is 31.4 Å². The Labute approximate surface area is 174 Å². The van der Waals surface area contributed by atoms with Crippen LogP contribution in [-0.4, -0.2) is 48.7 Å². The van der Waals surface area contributed by atoms with Crippen molar-refractivity contribution in [3.05, 3.63) is 53.2 Å². The second kappa shape index (κ2) is 8.80. The van der Waals surface area contributed by atoms with Crippen molar-refractivity contribution >= 4 is 29.1 Å². The lowest BCUT2D eigenvalue weighted by Gasteiger charge is -2.22. The van der Waals surface area contributed by atoms with Crippen LogP contribution in [0.25, 0.3) is 0 Å². The van der Waals surface area contributed by atoms with Gasteiger partial charge in [0, 0.05) is 48.8 Å². The number of carbonyl (C=O) groups excluding carboxylic acids is 2. The molecule has 2 saturated heterocycles. The van der Waals surface area contributed by atoms with E-state index in [1.165, 1.54) is 6.20 Å². The molecule has 2 amide bonds.